The Bertz CT molecular complexity index is 915. The van der Waals surface area contributed by atoms with Crippen molar-refractivity contribution in [1.29, 1.82) is 0 Å². The number of hydrogen-bond acceptors (Lipinski definition) is 4. The number of halogens is 3. The van der Waals surface area contributed by atoms with Crippen LogP contribution in [0.3, 0.4) is 0 Å². The molecule has 4 rings (SSSR count). The second kappa shape index (κ2) is 7.35. The number of carbonyl (C=O) groups excluding carboxylic acids is 1. The molecule has 4 nitrogen and oxygen atoms in total. The Hall–Kier alpha value is -2.57. The van der Waals surface area contributed by atoms with Crippen LogP contribution in [0.5, 0.6) is 0 Å². The molecule has 0 amide bonds. The lowest BCUT2D eigenvalue weighted by Gasteiger charge is -2.22. The van der Waals surface area contributed by atoms with E-state index in [9.17, 15) is 18.0 Å². The van der Waals surface area contributed by atoms with Gasteiger partial charge in [0.15, 0.2) is 0 Å². The molecule has 1 saturated heterocycles. The molecule has 7 heteroatoms. The zero-order valence-corrected chi connectivity index (χ0v) is 16.4. The quantitative estimate of drug-likeness (QED) is 0.688. The van der Waals surface area contributed by atoms with Crippen molar-refractivity contribution < 1.29 is 22.7 Å². The molecule has 0 radical (unpaired) electrons. The number of aromatic nitrogens is 1. The topological polar surface area (TPSA) is 42.4 Å². The second-order valence-electron chi connectivity index (χ2n) is 8.03. The first-order chi connectivity index (χ1) is 13.8. The van der Waals surface area contributed by atoms with Gasteiger partial charge in [0.05, 0.1) is 18.2 Å². The van der Waals surface area contributed by atoms with E-state index in [1.807, 2.05) is 6.92 Å². The predicted molar refractivity (Wildman–Crippen MR) is 103 cm³/mol. The van der Waals surface area contributed by atoms with Gasteiger partial charge in [-0.1, -0.05) is 18.2 Å². The van der Waals surface area contributed by atoms with Crippen molar-refractivity contribution in [2.45, 2.75) is 31.9 Å². The number of rotatable bonds is 3. The molecule has 1 aliphatic carbocycles. The fourth-order valence-corrected chi connectivity index (χ4v) is 4.90. The van der Waals surface area contributed by atoms with Crippen molar-refractivity contribution in [3.05, 3.63) is 58.8 Å². The molecule has 2 fully saturated rings. The number of hydrogen-bond donors (Lipinski definition) is 0. The summed E-state index contributed by atoms with van der Waals surface area (Å²) >= 11 is 0. The standard InChI is InChI=1S/C22H23F3N2O2/c1-13-7-15(21(28)29-2)10-20(26-13)27-11-16-8-14(9-17(16)12-27)18-5-3-4-6-19(18)22(23,24)25/h3-7,10,14,16-17H,8-9,11-12H2,1-2H3/t14-,16+,17-. The lowest BCUT2D eigenvalue weighted by atomic mass is 9.91. The summed E-state index contributed by atoms with van der Waals surface area (Å²) in [5.74, 6) is 0.906. The number of aryl methyl sites for hydroxylation is 1. The van der Waals surface area contributed by atoms with Crippen molar-refractivity contribution >= 4 is 11.8 Å². The SMILES string of the molecule is COC(=O)c1cc(C)nc(N2C[C@H]3C[C@H](c4ccccc4C(F)(F)F)C[C@H]3C2)c1. The predicted octanol–water partition coefficient (Wildman–Crippen LogP) is 4.83. The van der Waals surface area contributed by atoms with E-state index in [0.29, 0.717) is 23.0 Å². The molecular formula is C22H23F3N2O2. The number of anilines is 1. The van der Waals surface area contributed by atoms with Crippen LogP contribution in [0.25, 0.3) is 0 Å². The van der Waals surface area contributed by atoms with E-state index < -0.39 is 17.7 Å². The third-order valence-electron chi connectivity index (χ3n) is 6.14. The van der Waals surface area contributed by atoms with Crippen molar-refractivity contribution in [3.63, 3.8) is 0 Å². The Morgan fingerprint density at radius 1 is 1.14 bits per heavy atom. The molecule has 1 aromatic heterocycles. The molecule has 3 atom stereocenters. The van der Waals surface area contributed by atoms with Crippen LogP contribution in [-0.4, -0.2) is 31.2 Å². The van der Waals surface area contributed by atoms with Gasteiger partial charge >= 0.3 is 12.1 Å². The summed E-state index contributed by atoms with van der Waals surface area (Å²) < 4.78 is 45.0. The third kappa shape index (κ3) is 3.82. The van der Waals surface area contributed by atoms with Gasteiger partial charge in [0.2, 0.25) is 0 Å². The molecule has 2 heterocycles. The highest BCUT2D eigenvalue weighted by atomic mass is 19.4. The number of nitrogens with zero attached hydrogens (tertiary/aromatic N) is 2. The number of esters is 1. The number of pyridine rings is 1. The van der Waals surface area contributed by atoms with Crippen LogP contribution in [0.4, 0.5) is 19.0 Å². The van der Waals surface area contributed by atoms with Gasteiger partial charge in [0.25, 0.3) is 0 Å². The van der Waals surface area contributed by atoms with Gasteiger partial charge in [-0.3, -0.25) is 0 Å². The summed E-state index contributed by atoms with van der Waals surface area (Å²) in [6, 6.07) is 9.37. The van der Waals surface area contributed by atoms with Gasteiger partial charge in [-0.15, -0.1) is 0 Å². The van der Waals surface area contributed by atoms with Crippen LogP contribution >= 0.6 is 0 Å². The molecule has 0 spiro atoms. The average Bonchev–Trinajstić information content (AvgIpc) is 3.25. The Labute approximate surface area is 167 Å². The van der Waals surface area contributed by atoms with Crippen LogP contribution in [0.2, 0.25) is 0 Å². The van der Waals surface area contributed by atoms with Crippen molar-refractivity contribution in [2.24, 2.45) is 11.8 Å². The highest BCUT2D eigenvalue weighted by Gasteiger charge is 2.44. The van der Waals surface area contributed by atoms with E-state index in [0.717, 1.165) is 37.4 Å². The highest BCUT2D eigenvalue weighted by molar-refractivity contribution is 5.90. The third-order valence-corrected chi connectivity index (χ3v) is 6.14. The second-order valence-corrected chi connectivity index (χ2v) is 8.03. The molecule has 154 valence electrons. The minimum absolute atomic E-state index is 0.0685. The number of benzene rings is 1. The van der Waals surface area contributed by atoms with Gasteiger partial charge < -0.3 is 9.64 Å². The van der Waals surface area contributed by atoms with E-state index in [1.165, 1.54) is 19.2 Å². The van der Waals surface area contributed by atoms with Gasteiger partial charge in [-0.05, 0) is 61.3 Å². The molecule has 2 aliphatic rings. The molecule has 29 heavy (non-hydrogen) atoms. The minimum atomic E-state index is -4.32. The molecule has 2 aromatic rings. The number of fused-ring (bicyclic) bond motifs is 1. The fraction of sp³-hybridized carbons (Fsp3) is 0.455. The first-order valence-corrected chi connectivity index (χ1v) is 9.74. The van der Waals surface area contributed by atoms with E-state index in [-0.39, 0.29) is 5.92 Å². The largest absolute Gasteiger partial charge is 0.465 e. The summed E-state index contributed by atoms with van der Waals surface area (Å²) in [7, 11) is 1.34. The Balaban J connectivity index is 1.51. The smallest absolute Gasteiger partial charge is 0.416 e. The van der Waals surface area contributed by atoms with Gasteiger partial charge in [0.1, 0.15) is 5.82 Å². The molecule has 1 aliphatic heterocycles. The summed E-state index contributed by atoms with van der Waals surface area (Å²) in [5, 5.41) is 0. The van der Waals surface area contributed by atoms with E-state index >= 15 is 0 Å². The Morgan fingerprint density at radius 3 is 2.41 bits per heavy atom. The fourth-order valence-electron chi connectivity index (χ4n) is 4.90. The number of carbonyl (C=O) groups is 1. The maximum Gasteiger partial charge on any atom is 0.416 e. The molecule has 0 bridgehead atoms. The first-order valence-electron chi connectivity index (χ1n) is 9.74. The maximum atomic E-state index is 13.4. The maximum absolute atomic E-state index is 13.4. The van der Waals surface area contributed by atoms with E-state index in [1.54, 1.807) is 24.3 Å². The molecule has 0 N–H and O–H groups in total. The van der Waals surface area contributed by atoms with Gasteiger partial charge in [0, 0.05) is 18.8 Å². The van der Waals surface area contributed by atoms with E-state index in [4.69, 9.17) is 4.74 Å². The Kier molecular flexibility index (Phi) is 5.00. The van der Waals surface area contributed by atoms with Crippen LogP contribution < -0.4 is 4.90 Å². The minimum Gasteiger partial charge on any atom is -0.465 e. The molecule has 1 saturated carbocycles. The normalized spacial score (nSPS) is 23.9. The van der Waals surface area contributed by atoms with Crippen molar-refractivity contribution in [2.75, 3.05) is 25.1 Å². The lowest BCUT2D eigenvalue weighted by molar-refractivity contribution is -0.138. The summed E-state index contributed by atoms with van der Waals surface area (Å²) in [6.07, 6.45) is -2.84. The van der Waals surface area contributed by atoms with Crippen LogP contribution in [0, 0.1) is 18.8 Å². The Morgan fingerprint density at radius 2 is 1.79 bits per heavy atom. The number of alkyl halides is 3. The zero-order valence-electron chi connectivity index (χ0n) is 16.4. The molecule has 0 unspecified atom stereocenters. The van der Waals surface area contributed by atoms with Crippen LogP contribution in [0.1, 0.15) is 45.9 Å². The van der Waals surface area contributed by atoms with Crippen molar-refractivity contribution in [3.8, 4) is 0 Å². The molecular weight excluding hydrogens is 381 g/mol. The molecule has 1 aromatic carbocycles. The van der Waals surface area contributed by atoms with Crippen LogP contribution in [0.15, 0.2) is 36.4 Å². The van der Waals surface area contributed by atoms with Crippen LogP contribution in [-0.2, 0) is 10.9 Å². The first kappa shape index (κ1) is 19.7. The summed E-state index contributed by atoms with van der Waals surface area (Å²) in [4.78, 5) is 18.6. The van der Waals surface area contributed by atoms with E-state index in [2.05, 4.69) is 9.88 Å². The monoisotopic (exact) mass is 404 g/mol. The van der Waals surface area contributed by atoms with Crippen molar-refractivity contribution in [1.82, 2.24) is 4.98 Å². The van der Waals surface area contributed by atoms with Gasteiger partial charge in [-0.25, -0.2) is 9.78 Å². The highest BCUT2D eigenvalue weighted by Crippen LogP contribution is 2.49. The summed E-state index contributed by atoms with van der Waals surface area (Å²) in [6.45, 7) is 3.32. The zero-order chi connectivity index (χ0) is 20.8. The van der Waals surface area contributed by atoms with Gasteiger partial charge in [-0.2, -0.15) is 13.2 Å². The lowest BCUT2D eigenvalue weighted by Crippen LogP contribution is -2.23. The number of methoxy groups -OCH3 is 1. The summed E-state index contributed by atoms with van der Waals surface area (Å²) in [5.41, 5.74) is 1.11. The number of ether oxygens (including phenoxy) is 1. The average molecular weight is 404 g/mol.